The van der Waals surface area contributed by atoms with Crippen molar-refractivity contribution in [3.05, 3.63) is 29.6 Å². The van der Waals surface area contributed by atoms with Crippen LogP contribution in [0.3, 0.4) is 0 Å². The maximum absolute atomic E-state index is 11.3. The van der Waals surface area contributed by atoms with Gasteiger partial charge in [-0.25, -0.2) is 4.79 Å². The van der Waals surface area contributed by atoms with Crippen molar-refractivity contribution in [2.45, 2.75) is 13.0 Å². The Hall–Kier alpha value is -1.95. The zero-order chi connectivity index (χ0) is 13.0. The molecule has 18 heavy (non-hydrogen) atoms. The van der Waals surface area contributed by atoms with Crippen LogP contribution < -0.4 is 10.6 Å². The number of amides is 1. The molecule has 1 aromatic rings. The largest absolute Gasteiger partial charge is 0.478 e. The number of aromatic nitrogens is 1. The highest BCUT2D eigenvalue weighted by atomic mass is 16.4. The molecule has 0 aromatic carbocycles. The monoisotopic (exact) mass is 249 g/mol. The highest BCUT2D eigenvalue weighted by molar-refractivity contribution is 5.87. The van der Waals surface area contributed by atoms with E-state index in [1.807, 2.05) is 0 Å². The van der Waals surface area contributed by atoms with Gasteiger partial charge < -0.3 is 15.7 Å². The van der Waals surface area contributed by atoms with Gasteiger partial charge in [0, 0.05) is 25.8 Å². The summed E-state index contributed by atoms with van der Waals surface area (Å²) >= 11 is 0. The molecule has 6 heteroatoms. The van der Waals surface area contributed by atoms with Crippen molar-refractivity contribution in [1.29, 1.82) is 0 Å². The number of nitrogens with one attached hydrogen (secondary N) is 2. The molecule has 1 saturated heterocycles. The van der Waals surface area contributed by atoms with Crippen molar-refractivity contribution < 1.29 is 14.7 Å². The first kappa shape index (κ1) is 12.5. The van der Waals surface area contributed by atoms with Crippen molar-refractivity contribution in [3.63, 3.8) is 0 Å². The summed E-state index contributed by atoms with van der Waals surface area (Å²) in [6.07, 6.45) is 2.32. The fourth-order valence-electron chi connectivity index (χ4n) is 1.92. The summed E-state index contributed by atoms with van der Waals surface area (Å²) in [6.45, 7) is 1.79. The minimum absolute atomic E-state index is 0.00709. The molecule has 0 spiro atoms. The number of carbonyl (C=O) groups excluding carboxylic acids is 1. The maximum Gasteiger partial charge on any atom is 0.335 e. The van der Waals surface area contributed by atoms with Gasteiger partial charge in [-0.1, -0.05) is 0 Å². The summed E-state index contributed by atoms with van der Waals surface area (Å²) in [5.74, 6) is -0.878. The molecule has 1 aliphatic heterocycles. The second-order valence-electron chi connectivity index (χ2n) is 4.25. The normalized spacial score (nSPS) is 18.7. The van der Waals surface area contributed by atoms with Crippen molar-refractivity contribution in [2.24, 2.45) is 5.92 Å². The number of carbonyl (C=O) groups is 2. The molecule has 1 aliphatic rings. The number of hydrogen-bond acceptors (Lipinski definition) is 4. The third-order valence-corrected chi connectivity index (χ3v) is 2.92. The number of carboxylic acids is 1. The molecule has 0 bridgehead atoms. The van der Waals surface area contributed by atoms with E-state index in [9.17, 15) is 9.59 Å². The van der Waals surface area contributed by atoms with E-state index in [-0.39, 0.29) is 17.4 Å². The third kappa shape index (κ3) is 3.04. The molecule has 1 atom stereocenters. The van der Waals surface area contributed by atoms with E-state index in [0.29, 0.717) is 18.8 Å². The average Bonchev–Trinajstić information content (AvgIpc) is 2.76. The van der Waals surface area contributed by atoms with Crippen LogP contribution in [0.15, 0.2) is 18.3 Å². The Labute approximate surface area is 104 Å². The van der Waals surface area contributed by atoms with Crippen LogP contribution in [0.5, 0.6) is 0 Å². The lowest BCUT2D eigenvalue weighted by Gasteiger charge is -2.08. The first-order valence-corrected chi connectivity index (χ1v) is 5.83. The Morgan fingerprint density at radius 3 is 3.11 bits per heavy atom. The van der Waals surface area contributed by atoms with Crippen LogP contribution in [0.25, 0.3) is 0 Å². The molecule has 0 saturated carbocycles. The van der Waals surface area contributed by atoms with Gasteiger partial charge in [-0.2, -0.15) is 0 Å². The standard InChI is InChI=1S/C12H15N3O3/c16-11-9(2-4-15-11)6-13-7-10-5-8(12(17)18)1-3-14-10/h1,3,5,9,13H,2,4,6-7H2,(H,15,16)(H,17,18)/t9-/m1/s1. The molecule has 2 rings (SSSR count). The van der Waals surface area contributed by atoms with E-state index in [2.05, 4.69) is 15.6 Å². The predicted octanol–water partition coefficient (Wildman–Crippen LogP) is 0.00550. The Balaban J connectivity index is 1.84. The first-order valence-electron chi connectivity index (χ1n) is 5.83. The van der Waals surface area contributed by atoms with Crippen LogP contribution >= 0.6 is 0 Å². The van der Waals surface area contributed by atoms with E-state index in [4.69, 9.17) is 5.11 Å². The quantitative estimate of drug-likeness (QED) is 0.683. The van der Waals surface area contributed by atoms with Crippen LogP contribution in [0.1, 0.15) is 22.5 Å². The van der Waals surface area contributed by atoms with Gasteiger partial charge in [0.15, 0.2) is 0 Å². The topological polar surface area (TPSA) is 91.3 Å². The molecule has 2 heterocycles. The summed E-state index contributed by atoms with van der Waals surface area (Å²) in [4.78, 5) is 26.2. The zero-order valence-electron chi connectivity index (χ0n) is 9.85. The summed E-state index contributed by atoms with van der Waals surface area (Å²) in [5.41, 5.74) is 0.883. The number of pyridine rings is 1. The van der Waals surface area contributed by atoms with Gasteiger partial charge in [-0.15, -0.1) is 0 Å². The minimum atomic E-state index is -0.964. The van der Waals surface area contributed by atoms with Crippen LogP contribution in [-0.4, -0.2) is 35.1 Å². The third-order valence-electron chi connectivity index (χ3n) is 2.92. The highest BCUT2D eigenvalue weighted by Crippen LogP contribution is 2.08. The van der Waals surface area contributed by atoms with Gasteiger partial charge in [0.1, 0.15) is 0 Å². The molecule has 3 N–H and O–H groups in total. The minimum Gasteiger partial charge on any atom is -0.478 e. The second kappa shape index (κ2) is 5.59. The Morgan fingerprint density at radius 2 is 2.44 bits per heavy atom. The first-order chi connectivity index (χ1) is 8.66. The summed E-state index contributed by atoms with van der Waals surface area (Å²) in [6, 6.07) is 2.99. The number of carboxylic acid groups (broad SMARTS) is 1. The maximum atomic E-state index is 11.3. The highest BCUT2D eigenvalue weighted by Gasteiger charge is 2.23. The van der Waals surface area contributed by atoms with Crippen LogP contribution in [0.2, 0.25) is 0 Å². The molecule has 96 valence electrons. The SMILES string of the molecule is O=C(O)c1ccnc(CNC[C@H]2CCNC2=O)c1. The van der Waals surface area contributed by atoms with Crippen LogP contribution in [0.4, 0.5) is 0 Å². The Kier molecular flexibility index (Phi) is 3.88. The fourth-order valence-corrected chi connectivity index (χ4v) is 1.92. The fraction of sp³-hybridized carbons (Fsp3) is 0.417. The zero-order valence-corrected chi connectivity index (χ0v) is 9.85. The molecule has 0 radical (unpaired) electrons. The number of aromatic carboxylic acids is 1. The smallest absolute Gasteiger partial charge is 0.335 e. The molecule has 1 fully saturated rings. The summed E-state index contributed by atoms with van der Waals surface area (Å²) in [5, 5.41) is 14.7. The van der Waals surface area contributed by atoms with Crippen molar-refractivity contribution in [3.8, 4) is 0 Å². The van der Waals surface area contributed by atoms with Crippen molar-refractivity contribution in [2.75, 3.05) is 13.1 Å². The lowest BCUT2D eigenvalue weighted by atomic mass is 10.1. The van der Waals surface area contributed by atoms with E-state index in [0.717, 1.165) is 13.0 Å². The van der Waals surface area contributed by atoms with E-state index >= 15 is 0 Å². The van der Waals surface area contributed by atoms with Crippen molar-refractivity contribution in [1.82, 2.24) is 15.6 Å². The van der Waals surface area contributed by atoms with Crippen LogP contribution in [0, 0.1) is 5.92 Å². The molecular formula is C12H15N3O3. The molecular weight excluding hydrogens is 234 g/mol. The summed E-state index contributed by atoms with van der Waals surface area (Å²) in [7, 11) is 0. The van der Waals surface area contributed by atoms with E-state index in [1.54, 1.807) is 0 Å². The number of rotatable bonds is 5. The number of hydrogen-bond donors (Lipinski definition) is 3. The molecule has 0 unspecified atom stereocenters. The van der Waals surface area contributed by atoms with Gasteiger partial charge in [-0.05, 0) is 18.6 Å². The molecule has 1 aromatic heterocycles. The van der Waals surface area contributed by atoms with Crippen LogP contribution in [-0.2, 0) is 11.3 Å². The van der Waals surface area contributed by atoms with Gasteiger partial charge in [-0.3, -0.25) is 9.78 Å². The van der Waals surface area contributed by atoms with Gasteiger partial charge in [0.05, 0.1) is 17.2 Å². The molecule has 6 nitrogen and oxygen atoms in total. The van der Waals surface area contributed by atoms with Gasteiger partial charge in [0.25, 0.3) is 0 Å². The lowest BCUT2D eigenvalue weighted by Crippen LogP contribution is -2.28. The number of nitrogens with zero attached hydrogens (tertiary/aromatic N) is 1. The van der Waals surface area contributed by atoms with Gasteiger partial charge >= 0.3 is 5.97 Å². The van der Waals surface area contributed by atoms with Gasteiger partial charge in [0.2, 0.25) is 5.91 Å². The lowest BCUT2D eigenvalue weighted by molar-refractivity contribution is -0.122. The molecule has 1 amide bonds. The summed E-state index contributed by atoms with van der Waals surface area (Å²) < 4.78 is 0. The van der Waals surface area contributed by atoms with E-state index < -0.39 is 5.97 Å². The average molecular weight is 249 g/mol. The second-order valence-corrected chi connectivity index (χ2v) is 4.25. The Morgan fingerprint density at radius 1 is 1.61 bits per heavy atom. The Bertz CT molecular complexity index is 462. The molecule has 0 aliphatic carbocycles. The predicted molar refractivity (Wildman–Crippen MR) is 64.0 cm³/mol. The van der Waals surface area contributed by atoms with E-state index in [1.165, 1.54) is 18.3 Å². The van der Waals surface area contributed by atoms with Crippen molar-refractivity contribution >= 4 is 11.9 Å².